The lowest BCUT2D eigenvalue weighted by Gasteiger charge is -2.40. The van der Waals surface area contributed by atoms with Gasteiger partial charge >= 0.3 is 0 Å². The van der Waals surface area contributed by atoms with Crippen LogP contribution < -0.4 is 0 Å². The molecule has 0 amide bonds. The van der Waals surface area contributed by atoms with Gasteiger partial charge in [0, 0.05) is 5.92 Å². The van der Waals surface area contributed by atoms with Crippen molar-refractivity contribution < 1.29 is 5.11 Å². The Balaban J connectivity index is 2.85. The Morgan fingerprint density at radius 1 is 1.00 bits per heavy atom. The fourth-order valence-corrected chi connectivity index (χ4v) is 1.31. The molecule has 1 heteroatoms. The highest BCUT2D eigenvalue weighted by molar-refractivity contribution is 5.22. The predicted molar refractivity (Wildman–Crippen MR) is 51.8 cm³/mol. The number of rotatable bonds is 1. The molecule has 0 aliphatic heterocycles. The van der Waals surface area contributed by atoms with Gasteiger partial charge in [-0.05, 0) is 12.3 Å². The molecular formula is C11H18O. The van der Waals surface area contributed by atoms with Gasteiger partial charge in [-0.1, -0.05) is 45.1 Å². The van der Waals surface area contributed by atoms with Crippen molar-refractivity contribution in [2.75, 3.05) is 0 Å². The zero-order valence-corrected chi connectivity index (χ0v) is 8.33. The molecule has 0 saturated heterocycles. The van der Waals surface area contributed by atoms with Crippen molar-refractivity contribution in [1.82, 2.24) is 0 Å². The first-order valence-corrected chi connectivity index (χ1v) is 4.43. The van der Waals surface area contributed by atoms with Gasteiger partial charge in [-0.15, -0.1) is 0 Å². The quantitative estimate of drug-likeness (QED) is 0.634. The maximum Gasteiger partial charge on any atom is 0.0764 e. The minimum Gasteiger partial charge on any atom is -0.389 e. The van der Waals surface area contributed by atoms with Crippen LogP contribution in [0.3, 0.4) is 0 Å². The summed E-state index contributed by atoms with van der Waals surface area (Å²) in [6, 6.07) is 0. The highest BCUT2D eigenvalue weighted by Crippen LogP contribution is 2.38. The molecule has 1 unspecified atom stereocenters. The van der Waals surface area contributed by atoms with Crippen molar-refractivity contribution in [1.29, 1.82) is 0 Å². The minimum absolute atomic E-state index is 0.0866. The molecule has 0 aromatic rings. The van der Waals surface area contributed by atoms with E-state index in [-0.39, 0.29) is 11.3 Å². The van der Waals surface area contributed by atoms with Gasteiger partial charge in [0.1, 0.15) is 0 Å². The lowest BCUT2D eigenvalue weighted by atomic mass is 9.70. The van der Waals surface area contributed by atoms with E-state index in [1.807, 2.05) is 31.2 Å². The van der Waals surface area contributed by atoms with Gasteiger partial charge in [0.2, 0.25) is 0 Å². The van der Waals surface area contributed by atoms with Gasteiger partial charge < -0.3 is 5.11 Å². The first-order valence-electron chi connectivity index (χ1n) is 4.43. The van der Waals surface area contributed by atoms with Crippen molar-refractivity contribution in [3.63, 3.8) is 0 Å². The highest BCUT2D eigenvalue weighted by atomic mass is 16.3. The Morgan fingerprint density at radius 2 is 1.42 bits per heavy atom. The molecular weight excluding hydrogens is 148 g/mol. The van der Waals surface area contributed by atoms with Gasteiger partial charge in [0.05, 0.1) is 5.60 Å². The standard InChI is InChI=1S/C11H18O/c1-10(2,3)11(4,12)9-7-5-6-8-9/h5-9,12H,1-4H3. The third kappa shape index (κ3) is 1.46. The summed E-state index contributed by atoms with van der Waals surface area (Å²) in [5, 5.41) is 10.2. The molecule has 1 aliphatic rings. The maximum atomic E-state index is 10.2. The molecule has 12 heavy (non-hydrogen) atoms. The van der Waals surface area contributed by atoms with Crippen LogP contribution in [0.25, 0.3) is 0 Å². The van der Waals surface area contributed by atoms with Crippen molar-refractivity contribution in [2.24, 2.45) is 11.3 Å². The fourth-order valence-electron chi connectivity index (χ4n) is 1.31. The highest BCUT2D eigenvalue weighted by Gasteiger charge is 2.40. The summed E-state index contributed by atoms with van der Waals surface area (Å²) in [5.74, 6) is 0.164. The molecule has 0 heterocycles. The average Bonchev–Trinajstić information content (AvgIpc) is 2.34. The second-order valence-corrected chi connectivity index (χ2v) is 4.69. The van der Waals surface area contributed by atoms with E-state index < -0.39 is 5.60 Å². The normalized spacial score (nSPS) is 23.1. The van der Waals surface area contributed by atoms with Crippen LogP contribution in [0.5, 0.6) is 0 Å². The van der Waals surface area contributed by atoms with Crippen LogP contribution in [0.1, 0.15) is 27.7 Å². The van der Waals surface area contributed by atoms with Crippen LogP contribution in [-0.4, -0.2) is 10.7 Å². The van der Waals surface area contributed by atoms with Crippen LogP contribution in [0, 0.1) is 11.3 Å². The molecule has 1 rings (SSSR count). The van der Waals surface area contributed by atoms with E-state index in [4.69, 9.17) is 0 Å². The predicted octanol–water partition coefficient (Wildman–Crippen LogP) is 2.53. The minimum atomic E-state index is -0.656. The molecule has 1 atom stereocenters. The Labute approximate surface area is 74.8 Å². The van der Waals surface area contributed by atoms with E-state index >= 15 is 0 Å². The molecule has 0 bridgehead atoms. The Hall–Kier alpha value is -0.560. The monoisotopic (exact) mass is 166 g/mol. The van der Waals surface area contributed by atoms with E-state index in [1.54, 1.807) is 0 Å². The molecule has 1 nitrogen and oxygen atoms in total. The fraction of sp³-hybridized carbons (Fsp3) is 0.636. The number of hydrogen-bond acceptors (Lipinski definition) is 1. The lowest BCUT2D eigenvalue weighted by Crippen LogP contribution is -2.44. The first-order chi connectivity index (χ1) is 5.36. The van der Waals surface area contributed by atoms with Crippen LogP contribution in [-0.2, 0) is 0 Å². The van der Waals surface area contributed by atoms with Crippen molar-refractivity contribution >= 4 is 0 Å². The zero-order chi connectivity index (χ0) is 9.41. The van der Waals surface area contributed by atoms with E-state index in [1.165, 1.54) is 0 Å². The van der Waals surface area contributed by atoms with Crippen molar-refractivity contribution in [3.05, 3.63) is 24.3 Å². The Kier molecular flexibility index (Phi) is 2.17. The third-order valence-electron chi connectivity index (χ3n) is 2.92. The molecule has 0 aromatic heterocycles. The van der Waals surface area contributed by atoms with Crippen LogP contribution in [0.4, 0.5) is 0 Å². The van der Waals surface area contributed by atoms with E-state index in [0.717, 1.165) is 0 Å². The molecule has 0 fully saturated rings. The van der Waals surface area contributed by atoms with E-state index in [0.29, 0.717) is 0 Å². The molecule has 1 aliphatic carbocycles. The number of hydrogen-bond donors (Lipinski definition) is 1. The summed E-state index contributed by atoms with van der Waals surface area (Å²) < 4.78 is 0. The largest absolute Gasteiger partial charge is 0.389 e. The summed E-state index contributed by atoms with van der Waals surface area (Å²) in [5.41, 5.74) is -0.743. The topological polar surface area (TPSA) is 20.2 Å². The molecule has 0 spiro atoms. The van der Waals surface area contributed by atoms with Crippen LogP contribution in [0.15, 0.2) is 24.3 Å². The Bertz CT molecular complexity index is 204. The smallest absolute Gasteiger partial charge is 0.0764 e. The molecule has 68 valence electrons. The van der Waals surface area contributed by atoms with Gasteiger partial charge in [-0.3, -0.25) is 0 Å². The van der Waals surface area contributed by atoms with Gasteiger partial charge in [0.15, 0.2) is 0 Å². The number of allylic oxidation sites excluding steroid dienone is 2. The molecule has 0 aromatic carbocycles. The zero-order valence-electron chi connectivity index (χ0n) is 8.33. The van der Waals surface area contributed by atoms with Crippen molar-refractivity contribution in [2.45, 2.75) is 33.3 Å². The van der Waals surface area contributed by atoms with Crippen LogP contribution >= 0.6 is 0 Å². The summed E-state index contributed by atoms with van der Waals surface area (Å²) in [6.45, 7) is 8.09. The summed E-state index contributed by atoms with van der Waals surface area (Å²) in [7, 11) is 0. The average molecular weight is 166 g/mol. The second-order valence-electron chi connectivity index (χ2n) is 4.69. The van der Waals surface area contributed by atoms with Gasteiger partial charge in [0.25, 0.3) is 0 Å². The van der Waals surface area contributed by atoms with E-state index in [2.05, 4.69) is 20.8 Å². The van der Waals surface area contributed by atoms with Crippen molar-refractivity contribution in [3.8, 4) is 0 Å². The number of aliphatic hydroxyl groups is 1. The van der Waals surface area contributed by atoms with Gasteiger partial charge in [-0.25, -0.2) is 0 Å². The van der Waals surface area contributed by atoms with Gasteiger partial charge in [-0.2, -0.15) is 0 Å². The molecule has 0 radical (unpaired) electrons. The summed E-state index contributed by atoms with van der Waals surface area (Å²) in [6.07, 6.45) is 8.08. The lowest BCUT2D eigenvalue weighted by molar-refractivity contribution is -0.0613. The summed E-state index contributed by atoms with van der Waals surface area (Å²) in [4.78, 5) is 0. The van der Waals surface area contributed by atoms with Crippen LogP contribution in [0.2, 0.25) is 0 Å². The molecule has 0 saturated carbocycles. The van der Waals surface area contributed by atoms with E-state index in [9.17, 15) is 5.11 Å². The molecule has 1 N–H and O–H groups in total. The summed E-state index contributed by atoms with van der Waals surface area (Å²) >= 11 is 0. The Morgan fingerprint density at radius 3 is 1.75 bits per heavy atom. The second kappa shape index (κ2) is 2.74. The maximum absolute atomic E-state index is 10.2. The SMILES string of the molecule is CC(C)(C)C(C)(O)C1C=CC=C1. The third-order valence-corrected chi connectivity index (χ3v) is 2.92. The first kappa shape index (κ1) is 9.53.